The molecule has 4 rings (SSSR count). The van der Waals surface area contributed by atoms with Crippen LogP contribution in [0.4, 0.5) is 17.1 Å². The topological polar surface area (TPSA) is 101 Å². The standard InChI is InChI=1S/C30H36N4O5S/c1-6-38-26-19-24-25(20-27(26)39-7-2)32-30(35)28(24)29(21-11-9-8-10-12-21)31-22-13-15-23(16-14-22)34(40(5,36)37)18-17-33(3)4/h8-16,19-20,28H,6-7,17-18H2,1-5H3,(H,32,35). The molecule has 1 aliphatic heterocycles. The van der Waals surface area contributed by atoms with Gasteiger partial charge in [-0.3, -0.25) is 14.1 Å². The lowest BCUT2D eigenvalue weighted by Gasteiger charge is -2.24. The Morgan fingerprint density at radius 2 is 1.55 bits per heavy atom. The van der Waals surface area contributed by atoms with Crippen molar-refractivity contribution in [3.63, 3.8) is 0 Å². The molecule has 10 heteroatoms. The molecule has 1 N–H and O–H groups in total. The number of aliphatic imine (C=N–C) groups is 1. The lowest BCUT2D eigenvalue weighted by Crippen LogP contribution is -2.35. The highest BCUT2D eigenvalue weighted by atomic mass is 32.2. The molecule has 9 nitrogen and oxygen atoms in total. The van der Waals surface area contributed by atoms with Gasteiger partial charge in [0.15, 0.2) is 11.5 Å². The van der Waals surface area contributed by atoms with Crippen LogP contribution in [0.5, 0.6) is 11.5 Å². The summed E-state index contributed by atoms with van der Waals surface area (Å²) in [6.45, 7) is 5.62. The number of sulfonamides is 1. The van der Waals surface area contributed by atoms with Crippen molar-refractivity contribution in [2.24, 2.45) is 4.99 Å². The first kappa shape index (κ1) is 29.1. The summed E-state index contributed by atoms with van der Waals surface area (Å²) < 4.78 is 37.9. The van der Waals surface area contributed by atoms with Crippen molar-refractivity contribution < 1.29 is 22.7 Å². The molecule has 0 fully saturated rings. The van der Waals surface area contributed by atoms with Gasteiger partial charge in [0.05, 0.1) is 36.6 Å². The summed E-state index contributed by atoms with van der Waals surface area (Å²) in [5.41, 5.74) is 3.94. The average Bonchev–Trinajstić information content (AvgIpc) is 3.22. The lowest BCUT2D eigenvalue weighted by atomic mass is 9.90. The minimum Gasteiger partial charge on any atom is -0.490 e. The van der Waals surface area contributed by atoms with Crippen molar-refractivity contribution in [3.8, 4) is 11.5 Å². The first-order valence-electron chi connectivity index (χ1n) is 13.2. The second-order valence-electron chi connectivity index (χ2n) is 9.69. The highest BCUT2D eigenvalue weighted by molar-refractivity contribution is 7.92. The molecule has 3 aromatic carbocycles. The zero-order valence-corrected chi connectivity index (χ0v) is 24.4. The van der Waals surface area contributed by atoms with Crippen LogP contribution in [0.1, 0.15) is 30.9 Å². The van der Waals surface area contributed by atoms with Gasteiger partial charge in [-0.15, -0.1) is 0 Å². The van der Waals surface area contributed by atoms with Crippen molar-refractivity contribution >= 4 is 38.7 Å². The zero-order chi connectivity index (χ0) is 28.9. The third kappa shape index (κ3) is 6.63. The van der Waals surface area contributed by atoms with Gasteiger partial charge in [0.1, 0.15) is 5.92 Å². The summed E-state index contributed by atoms with van der Waals surface area (Å²) >= 11 is 0. The number of hydrogen-bond acceptors (Lipinski definition) is 7. The molecular weight excluding hydrogens is 528 g/mol. The highest BCUT2D eigenvalue weighted by Gasteiger charge is 2.37. The minimum atomic E-state index is -3.47. The molecule has 3 aromatic rings. The van der Waals surface area contributed by atoms with Crippen molar-refractivity contribution in [3.05, 3.63) is 77.9 Å². The van der Waals surface area contributed by atoms with E-state index in [0.717, 1.165) is 11.1 Å². The quantitative estimate of drug-likeness (QED) is 0.321. The van der Waals surface area contributed by atoms with Gasteiger partial charge in [0.2, 0.25) is 15.9 Å². The van der Waals surface area contributed by atoms with E-state index in [2.05, 4.69) is 5.32 Å². The fraction of sp³-hybridized carbons (Fsp3) is 0.333. The van der Waals surface area contributed by atoms with Gasteiger partial charge < -0.3 is 19.7 Å². The molecule has 0 saturated heterocycles. The van der Waals surface area contributed by atoms with Crippen LogP contribution in [0.3, 0.4) is 0 Å². The van der Waals surface area contributed by atoms with Crippen molar-refractivity contribution in [1.29, 1.82) is 0 Å². The van der Waals surface area contributed by atoms with Gasteiger partial charge in [-0.05, 0) is 69.4 Å². The number of benzene rings is 3. The van der Waals surface area contributed by atoms with E-state index in [-0.39, 0.29) is 5.91 Å². The van der Waals surface area contributed by atoms with E-state index in [1.54, 1.807) is 30.3 Å². The number of anilines is 2. The van der Waals surface area contributed by atoms with E-state index >= 15 is 0 Å². The Bertz CT molecular complexity index is 1470. The molecule has 0 radical (unpaired) electrons. The monoisotopic (exact) mass is 564 g/mol. The highest BCUT2D eigenvalue weighted by Crippen LogP contribution is 2.43. The van der Waals surface area contributed by atoms with Crippen LogP contribution < -0.4 is 19.1 Å². The third-order valence-corrected chi connectivity index (χ3v) is 7.62. The summed E-state index contributed by atoms with van der Waals surface area (Å²) in [5, 5.41) is 2.98. The maximum absolute atomic E-state index is 13.4. The van der Waals surface area contributed by atoms with Gasteiger partial charge in [-0.2, -0.15) is 0 Å². The Morgan fingerprint density at radius 1 is 0.925 bits per heavy atom. The van der Waals surface area contributed by atoms with E-state index in [1.807, 2.05) is 69.2 Å². The van der Waals surface area contributed by atoms with Crippen LogP contribution in [-0.2, 0) is 14.8 Å². The first-order chi connectivity index (χ1) is 19.1. The molecule has 0 spiro atoms. The number of carbonyl (C=O) groups is 1. The van der Waals surface area contributed by atoms with Crippen molar-refractivity contribution in [1.82, 2.24) is 4.90 Å². The fourth-order valence-corrected chi connectivity index (χ4v) is 5.51. The number of carbonyl (C=O) groups excluding carboxylic acids is 1. The van der Waals surface area contributed by atoms with Crippen molar-refractivity contribution in [2.45, 2.75) is 19.8 Å². The van der Waals surface area contributed by atoms with Gasteiger partial charge in [0, 0.05) is 24.8 Å². The van der Waals surface area contributed by atoms with Crippen molar-refractivity contribution in [2.75, 3.05) is 56.3 Å². The molecule has 1 amide bonds. The summed E-state index contributed by atoms with van der Waals surface area (Å²) in [7, 11) is 0.330. The van der Waals surface area contributed by atoms with Crippen LogP contribution in [-0.4, -0.2) is 71.6 Å². The molecule has 1 unspecified atom stereocenters. The molecule has 0 aliphatic carbocycles. The molecule has 0 bridgehead atoms. The number of fused-ring (bicyclic) bond motifs is 1. The number of ether oxygens (including phenoxy) is 2. The summed E-state index contributed by atoms with van der Waals surface area (Å²) in [5.74, 6) is 0.263. The van der Waals surface area contributed by atoms with Crippen LogP contribution >= 0.6 is 0 Å². The number of nitrogens with zero attached hydrogens (tertiary/aromatic N) is 3. The predicted octanol–water partition coefficient (Wildman–Crippen LogP) is 4.67. The van der Waals surface area contributed by atoms with Gasteiger partial charge in [0.25, 0.3) is 0 Å². The van der Waals surface area contributed by atoms with Crippen LogP contribution in [0.15, 0.2) is 71.7 Å². The second-order valence-corrected chi connectivity index (χ2v) is 11.6. The van der Waals surface area contributed by atoms with E-state index in [0.29, 0.717) is 60.6 Å². The maximum atomic E-state index is 13.4. The van der Waals surface area contributed by atoms with E-state index in [1.165, 1.54) is 10.6 Å². The lowest BCUT2D eigenvalue weighted by molar-refractivity contribution is -0.115. The molecule has 212 valence electrons. The summed E-state index contributed by atoms with van der Waals surface area (Å²) in [4.78, 5) is 20.3. The molecular formula is C30H36N4O5S. The fourth-order valence-electron chi connectivity index (χ4n) is 4.59. The molecule has 1 aliphatic rings. The minimum absolute atomic E-state index is 0.197. The smallest absolute Gasteiger partial charge is 0.238 e. The van der Waals surface area contributed by atoms with E-state index in [4.69, 9.17) is 14.5 Å². The first-order valence-corrected chi connectivity index (χ1v) is 15.1. The van der Waals surface area contributed by atoms with Gasteiger partial charge in [-0.1, -0.05) is 30.3 Å². The molecule has 0 saturated carbocycles. The molecule has 0 aromatic heterocycles. The average molecular weight is 565 g/mol. The van der Waals surface area contributed by atoms with E-state index < -0.39 is 15.9 Å². The Labute approximate surface area is 236 Å². The third-order valence-electron chi connectivity index (χ3n) is 6.43. The predicted molar refractivity (Wildman–Crippen MR) is 160 cm³/mol. The maximum Gasteiger partial charge on any atom is 0.238 e. The number of hydrogen-bond donors (Lipinski definition) is 1. The number of amides is 1. The number of likely N-dealkylation sites (N-methyl/N-ethyl adjacent to an activating group) is 1. The van der Waals surface area contributed by atoms with Crippen LogP contribution in [0.2, 0.25) is 0 Å². The normalized spacial score (nSPS) is 15.1. The molecule has 1 atom stereocenters. The Hall–Kier alpha value is -3.89. The van der Waals surface area contributed by atoms with Gasteiger partial charge >= 0.3 is 0 Å². The van der Waals surface area contributed by atoms with Crippen LogP contribution in [0, 0.1) is 0 Å². The van der Waals surface area contributed by atoms with Gasteiger partial charge in [-0.25, -0.2) is 8.42 Å². The summed E-state index contributed by atoms with van der Waals surface area (Å²) in [6.07, 6.45) is 1.20. The Balaban J connectivity index is 1.77. The SMILES string of the molecule is CCOc1cc2c(cc1OCC)C(C(=Nc1ccc(N(CCN(C)C)S(C)(=O)=O)cc1)c1ccccc1)C(=O)N2. The van der Waals surface area contributed by atoms with Crippen LogP contribution in [0.25, 0.3) is 0 Å². The van der Waals surface area contributed by atoms with E-state index in [9.17, 15) is 13.2 Å². The second kappa shape index (κ2) is 12.5. The largest absolute Gasteiger partial charge is 0.490 e. The number of nitrogens with one attached hydrogen (secondary N) is 1. The summed E-state index contributed by atoms with van der Waals surface area (Å²) in [6, 6.07) is 20.2. The zero-order valence-electron chi connectivity index (χ0n) is 23.5. The molecule has 1 heterocycles. The molecule has 40 heavy (non-hydrogen) atoms. The number of rotatable bonds is 12. The Kier molecular flexibility index (Phi) is 9.11. The Morgan fingerprint density at radius 3 is 2.12 bits per heavy atom.